The lowest BCUT2D eigenvalue weighted by atomic mass is 10.1. The van der Waals surface area contributed by atoms with Crippen molar-refractivity contribution in [2.24, 2.45) is 7.05 Å². The minimum absolute atomic E-state index is 0.158. The zero-order chi connectivity index (χ0) is 16.4. The summed E-state index contributed by atoms with van der Waals surface area (Å²) < 4.78 is 7.25. The molecule has 3 heterocycles. The van der Waals surface area contributed by atoms with Crippen molar-refractivity contribution in [1.82, 2.24) is 19.7 Å². The second-order valence-electron chi connectivity index (χ2n) is 5.90. The molecule has 0 N–H and O–H groups in total. The normalized spacial score (nSPS) is 16.6. The van der Waals surface area contributed by atoms with Gasteiger partial charge in [-0.1, -0.05) is 11.8 Å². The van der Waals surface area contributed by atoms with Gasteiger partial charge in [0.05, 0.1) is 17.1 Å². The summed E-state index contributed by atoms with van der Waals surface area (Å²) in [5.74, 6) is 1.77. The fraction of sp³-hybridized carbons (Fsp3) is 0.562. The third kappa shape index (κ3) is 3.29. The minimum atomic E-state index is -0.158. The van der Waals surface area contributed by atoms with Crippen LogP contribution >= 0.6 is 11.8 Å². The van der Waals surface area contributed by atoms with E-state index >= 15 is 0 Å². The first kappa shape index (κ1) is 16.1. The number of aryl methyl sites for hydroxylation is 1. The molecule has 6 nitrogen and oxygen atoms in total. The maximum atomic E-state index is 12.5. The molecule has 0 aromatic carbocycles. The van der Waals surface area contributed by atoms with Crippen molar-refractivity contribution in [3.8, 4) is 11.4 Å². The summed E-state index contributed by atoms with van der Waals surface area (Å²) in [7, 11) is 1.92. The van der Waals surface area contributed by atoms with Crippen LogP contribution in [-0.2, 0) is 11.8 Å². The number of piperidine rings is 1. The molecule has 0 spiro atoms. The lowest BCUT2D eigenvalue weighted by Crippen LogP contribution is -2.40. The first-order valence-electron chi connectivity index (χ1n) is 7.97. The summed E-state index contributed by atoms with van der Waals surface area (Å²) in [6.45, 7) is 5.60. The van der Waals surface area contributed by atoms with Gasteiger partial charge in [-0.2, -0.15) is 0 Å². The molecule has 23 heavy (non-hydrogen) atoms. The van der Waals surface area contributed by atoms with Crippen LogP contribution in [0.25, 0.3) is 11.4 Å². The van der Waals surface area contributed by atoms with Crippen LogP contribution in [-0.4, -0.2) is 43.9 Å². The van der Waals surface area contributed by atoms with Crippen LogP contribution in [0.4, 0.5) is 0 Å². The van der Waals surface area contributed by atoms with Gasteiger partial charge in [0.15, 0.2) is 11.0 Å². The molecular formula is C16H22N4O2S. The highest BCUT2D eigenvalue weighted by molar-refractivity contribution is 8.00. The lowest BCUT2D eigenvalue weighted by molar-refractivity contribution is -0.131. The largest absolute Gasteiger partial charge is 0.469 e. The number of aromatic nitrogens is 3. The molecule has 3 rings (SSSR count). The van der Waals surface area contributed by atoms with E-state index in [4.69, 9.17) is 4.42 Å². The Morgan fingerprint density at radius 3 is 2.70 bits per heavy atom. The second kappa shape index (κ2) is 6.78. The zero-order valence-electron chi connectivity index (χ0n) is 13.8. The summed E-state index contributed by atoms with van der Waals surface area (Å²) in [4.78, 5) is 14.5. The van der Waals surface area contributed by atoms with Crippen molar-refractivity contribution in [3.63, 3.8) is 0 Å². The van der Waals surface area contributed by atoms with Crippen LogP contribution in [0.3, 0.4) is 0 Å². The van der Waals surface area contributed by atoms with E-state index in [1.54, 1.807) is 6.26 Å². The Hall–Kier alpha value is -1.76. The van der Waals surface area contributed by atoms with Gasteiger partial charge >= 0.3 is 0 Å². The van der Waals surface area contributed by atoms with E-state index in [0.717, 1.165) is 48.2 Å². The monoisotopic (exact) mass is 334 g/mol. The first-order chi connectivity index (χ1) is 11.1. The molecule has 0 bridgehead atoms. The molecule has 124 valence electrons. The van der Waals surface area contributed by atoms with E-state index in [2.05, 4.69) is 10.2 Å². The van der Waals surface area contributed by atoms with Crippen molar-refractivity contribution in [2.75, 3.05) is 13.1 Å². The second-order valence-corrected chi connectivity index (χ2v) is 7.21. The molecule has 1 aliphatic heterocycles. The van der Waals surface area contributed by atoms with Gasteiger partial charge in [0.2, 0.25) is 5.91 Å². The van der Waals surface area contributed by atoms with Crippen LogP contribution in [0.1, 0.15) is 31.9 Å². The molecule has 1 fully saturated rings. The average Bonchev–Trinajstić information content (AvgIpc) is 3.14. The van der Waals surface area contributed by atoms with Crippen LogP contribution in [0.5, 0.6) is 0 Å². The fourth-order valence-corrected chi connectivity index (χ4v) is 3.75. The predicted octanol–water partition coefficient (Wildman–Crippen LogP) is 2.88. The van der Waals surface area contributed by atoms with Crippen molar-refractivity contribution in [3.05, 3.63) is 18.1 Å². The molecule has 0 unspecified atom stereocenters. The highest BCUT2D eigenvalue weighted by Gasteiger charge is 2.25. The molecule has 0 aliphatic carbocycles. The lowest BCUT2D eigenvalue weighted by Gasteiger charge is -2.28. The molecule has 7 heteroatoms. The van der Waals surface area contributed by atoms with Crippen LogP contribution in [0, 0.1) is 6.92 Å². The fourth-order valence-electron chi connectivity index (χ4n) is 2.85. The third-order valence-corrected chi connectivity index (χ3v) is 5.35. The van der Waals surface area contributed by atoms with Gasteiger partial charge in [0.25, 0.3) is 0 Å². The Morgan fingerprint density at radius 1 is 1.30 bits per heavy atom. The number of hydrogen-bond donors (Lipinski definition) is 0. The molecule has 1 amide bonds. The zero-order valence-corrected chi connectivity index (χ0v) is 14.6. The average molecular weight is 334 g/mol. The van der Waals surface area contributed by atoms with Gasteiger partial charge in [-0.15, -0.1) is 10.2 Å². The van der Waals surface area contributed by atoms with E-state index in [1.807, 2.05) is 36.4 Å². The van der Waals surface area contributed by atoms with Crippen molar-refractivity contribution in [2.45, 2.75) is 43.5 Å². The van der Waals surface area contributed by atoms with Crippen LogP contribution in [0.15, 0.2) is 21.9 Å². The number of nitrogens with zero attached hydrogens (tertiary/aromatic N) is 4. The van der Waals surface area contributed by atoms with Gasteiger partial charge in [0, 0.05) is 20.1 Å². The summed E-state index contributed by atoms with van der Waals surface area (Å²) in [6, 6.07) is 1.89. The number of rotatable bonds is 4. The number of carbonyl (C=O) groups is 1. The Kier molecular flexibility index (Phi) is 4.75. The van der Waals surface area contributed by atoms with E-state index in [-0.39, 0.29) is 11.2 Å². The summed E-state index contributed by atoms with van der Waals surface area (Å²) in [5, 5.41) is 9.09. The molecule has 2 aromatic rings. The summed E-state index contributed by atoms with van der Waals surface area (Å²) in [6.07, 6.45) is 5.09. The van der Waals surface area contributed by atoms with Crippen molar-refractivity contribution < 1.29 is 9.21 Å². The van der Waals surface area contributed by atoms with E-state index in [9.17, 15) is 4.79 Å². The van der Waals surface area contributed by atoms with Gasteiger partial charge in [-0.3, -0.25) is 4.79 Å². The quantitative estimate of drug-likeness (QED) is 0.805. The highest BCUT2D eigenvalue weighted by atomic mass is 32.2. The molecule has 1 saturated heterocycles. The van der Waals surface area contributed by atoms with E-state index < -0.39 is 0 Å². The van der Waals surface area contributed by atoms with Crippen molar-refractivity contribution >= 4 is 17.7 Å². The summed E-state index contributed by atoms with van der Waals surface area (Å²) in [5.41, 5.74) is 0.932. The van der Waals surface area contributed by atoms with Gasteiger partial charge in [0.1, 0.15) is 5.76 Å². The topological polar surface area (TPSA) is 64.2 Å². The SMILES string of the molecule is Cc1occc1-c1nnc(S[C@@H](C)C(=O)N2CCCCC2)n1C. The van der Waals surface area contributed by atoms with E-state index in [1.165, 1.54) is 18.2 Å². The molecule has 1 atom stereocenters. The van der Waals surface area contributed by atoms with Gasteiger partial charge < -0.3 is 13.9 Å². The van der Waals surface area contributed by atoms with Gasteiger partial charge in [-0.05, 0) is 39.2 Å². The molecule has 0 radical (unpaired) electrons. The standard InChI is InChI=1S/C16H22N4O2S/c1-11-13(7-10-22-11)14-17-18-16(19(14)3)23-12(2)15(21)20-8-5-4-6-9-20/h7,10,12H,4-6,8-9H2,1-3H3/t12-/m0/s1. The number of carbonyl (C=O) groups excluding carboxylic acids is 1. The number of likely N-dealkylation sites (tertiary alicyclic amines) is 1. The minimum Gasteiger partial charge on any atom is -0.469 e. The molecular weight excluding hydrogens is 312 g/mol. The van der Waals surface area contributed by atoms with Crippen LogP contribution < -0.4 is 0 Å². The predicted molar refractivity (Wildman–Crippen MR) is 89.2 cm³/mol. The Balaban J connectivity index is 1.72. The maximum absolute atomic E-state index is 12.5. The third-order valence-electron chi connectivity index (χ3n) is 4.23. The van der Waals surface area contributed by atoms with Gasteiger partial charge in [-0.25, -0.2) is 0 Å². The van der Waals surface area contributed by atoms with Crippen molar-refractivity contribution in [1.29, 1.82) is 0 Å². The molecule has 2 aromatic heterocycles. The molecule has 1 aliphatic rings. The number of furan rings is 1. The Labute approximate surface area is 140 Å². The smallest absolute Gasteiger partial charge is 0.235 e. The first-order valence-corrected chi connectivity index (χ1v) is 8.85. The van der Waals surface area contributed by atoms with E-state index in [0.29, 0.717) is 0 Å². The molecule has 0 saturated carbocycles. The summed E-state index contributed by atoms with van der Waals surface area (Å²) >= 11 is 1.46. The number of amides is 1. The Bertz CT molecular complexity index is 688. The van der Waals surface area contributed by atoms with Crippen LogP contribution in [0.2, 0.25) is 0 Å². The number of thioether (sulfide) groups is 1. The number of hydrogen-bond acceptors (Lipinski definition) is 5. The highest BCUT2D eigenvalue weighted by Crippen LogP contribution is 2.28. The Morgan fingerprint density at radius 2 is 2.04 bits per heavy atom. The maximum Gasteiger partial charge on any atom is 0.235 e.